The summed E-state index contributed by atoms with van der Waals surface area (Å²) < 4.78 is 31.3. The number of hydrogen-bond acceptors (Lipinski definition) is 7. The summed E-state index contributed by atoms with van der Waals surface area (Å²) in [6.45, 7) is 4.60. The Balaban J connectivity index is 2.35. The molecule has 192 valence electrons. The van der Waals surface area contributed by atoms with Crippen molar-refractivity contribution in [3.63, 3.8) is 0 Å². The van der Waals surface area contributed by atoms with E-state index in [1.807, 2.05) is 25.9 Å². The number of rotatable bonds is 10. The van der Waals surface area contributed by atoms with Gasteiger partial charge in [0.25, 0.3) is 5.91 Å². The minimum atomic E-state index is -3.42. The molecule has 2 amide bonds. The third kappa shape index (κ3) is 7.66. The van der Waals surface area contributed by atoms with Gasteiger partial charge in [0.1, 0.15) is 11.9 Å². The second kappa shape index (κ2) is 12.0. The zero-order valence-corrected chi connectivity index (χ0v) is 21.8. The fraction of sp³-hybridized carbons (Fsp3) is 0.652. The molecule has 1 heterocycles. The maximum Gasteiger partial charge on any atom is 0.258 e. The van der Waals surface area contributed by atoms with Gasteiger partial charge in [-0.15, -0.1) is 0 Å². The van der Waals surface area contributed by atoms with Crippen LogP contribution in [0, 0.1) is 5.92 Å². The third-order valence-electron chi connectivity index (χ3n) is 5.96. The number of hydrogen-bond donors (Lipinski definition) is 2. The second-order valence-electron chi connectivity index (χ2n) is 9.33. The first-order valence-electron chi connectivity index (χ1n) is 11.4. The molecule has 0 aliphatic carbocycles. The Hall–Kier alpha value is -2.21. The molecular formula is C23H38N4O6S. The monoisotopic (exact) mass is 498 g/mol. The van der Waals surface area contributed by atoms with Gasteiger partial charge in [0, 0.05) is 31.6 Å². The fourth-order valence-corrected chi connectivity index (χ4v) is 4.10. The molecule has 1 aliphatic heterocycles. The number of nitrogens with one attached hydrogen (secondary N) is 1. The van der Waals surface area contributed by atoms with E-state index < -0.39 is 22.2 Å². The highest BCUT2D eigenvalue weighted by atomic mass is 32.2. The van der Waals surface area contributed by atoms with E-state index in [4.69, 9.17) is 4.74 Å². The number of nitrogens with zero attached hydrogens (tertiary/aromatic N) is 3. The van der Waals surface area contributed by atoms with E-state index in [0.29, 0.717) is 24.3 Å². The topological polar surface area (TPSA) is 119 Å². The lowest BCUT2D eigenvalue weighted by Gasteiger charge is -2.38. The Morgan fingerprint density at radius 3 is 2.59 bits per heavy atom. The number of sulfonamides is 1. The van der Waals surface area contributed by atoms with Gasteiger partial charge < -0.3 is 25.0 Å². The Morgan fingerprint density at radius 1 is 1.32 bits per heavy atom. The summed E-state index contributed by atoms with van der Waals surface area (Å²) >= 11 is 0. The van der Waals surface area contributed by atoms with Crippen LogP contribution in [-0.4, -0.2) is 105 Å². The molecule has 1 aromatic carbocycles. The van der Waals surface area contributed by atoms with E-state index in [1.165, 1.54) is 11.4 Å². The van der Waals surface area contributed by atoms with Crippen LogP contribution in [-0.2, 0) is 14.8 Å². The number of carbonyl (C=O) groups excluding carboxylic acids is 2. The van der Waals surface area contributed by atoms with Gasteiger partial charge >= 0.3 is 0 Å². The number of benzene rings is 1. The standard InChI is InChI=1S/C23H38N4O6S/c1-16-13-27(17(2)15-28)23(30)19-12-18(24-22(29)8-7-11-25(3)4)9-10-20(19)33-21(16)14-26(5)34(6,31)32/h9-10,12,16-17,21,28H,7-8,11,13-15H2,1-6H3,(H,24,29)/t16-,17+,21-/m1/s1. The van der Waals surface area contributed by atoms with Crippen molar-refractivity contribution in [1.82, 2.24) is 14.1 Å². The normalized spacial score (nSPS) is 19.9. The molecule has 10 nitrogen and oxygen atoms in total. The van der Waals surface area contributed by atoms with Crippen molar-refractivity contribution in [3.05, 3.63) is 23.8 Å². The van der Waals surface area contributed by atoms with Crippen LogP contribution in [0.25, 0.3) is 0 Å². The number of anilines is 1. The van der Waals surface area contributed by atoms with Crippen LogP contribution < -0.4 is 10.1 Å². The van der Waals surface area contributed by atoms with Crippen molar-refractivity contribution in [1.29, 1.82) is 0 Å². The van der Waals surface area contributed by atoms with Crippen LogP contribution >= 0.6 is 0 Å². The summed E-state index contributed by atoms with van der Waals surface area (Å²) in [6.07, 6.45) is 1.67. The molecule has 0 spiro atoms. The van der Waals surface area contributed by atoms with Gasteiger partial charge in [-0.1, -0.05) is 6.92 Å². The summed E-state index contributed by atoms with van der Waals surface area (Å²) in [6, 6.07) is 4.42. The van der Waals surface area contributed by atoms with Crippen LogP contribution in [0.4, 0.5) is 5.69 Å². The largest absolute Gasteiger partial charge is 0.488 e. The van der Waals surface area contributed by atoms with E-state index in [9.17, 15) is 23.1 Å². The van der Waals surface area contributed by atoms with Crippen molar-refractivity contribution in [2.45, 2.75) is 38.8 Å². The van der Waals surface area contributed by atoms with Crippen LogP contribution in [0.1, 0.15) is 37.0 Å². The summed E-state index contributed by atoms with van der Waals surface area (Å²) in [5.41, 5.74) is 0.728. The average Bonchev–Trinajstić information content (AvgIpc) is 2.75. The molecule has 0 saturated heterocycles. The predicted octanol–water partition coefficient (Wildman–Crippen LogP) is 1.08. The molecule has 0 saturated carbocycles. The molecule has 2 N–H and O–H groups in total. The molecule has 11 heteroatoms. The molecule has 1 aromatic rings. The summed E-state index contributed by atoms with van der Waals surface area (Å²) in [5.74, 6) is -0.361. The number of amides is 2. The van der Waals surface area contributed by atoms with Crippen LogP contribution in [0.3, 0.4) is 0 Å². The first-order valence-corrected chi connectivity index (χ1v) is 13.3. The lowest BCUT2D eigenvalue weighted by atomic mass is 9.99. The van der Waals surface area contributed by atoms with E-state index in [2.05, 4.69) is 5.32 Å². The molecule has 3 atom stereocenters. The Morgan fingerprint density at radius 2 is 2.00 bits per heavy atom. The highest BCUT2D eigenvalue weighted by molar-refractivity contribution is 7.88. The van der Waals surface area contributed by atoms with Gasteiger partial charge in [0.2, 0.25) is 15.9 Å². The molecule has 0 fully saturated rings. The molecule has 0 aromatic heterocycles. The summed E-state index contributed by atoms with van der Waals surface area (Å²) in [4.78, 5) is 29.3. The lowest BCUT2D eigenvalue weighted by Crippen LogP contribution is -2.50. The second-order valence-corrected chi connectivity index (χ2v) is 11.4. The summed E-state index contributed by atoms with van der Waals surface area (Å²) in [7, 11) is 1.95. The lowest BCUT2D eigenvalue weighted by molar-refractivity contribution is -0.116. The number of likely N-dealkylation sites (N-methyl/N-ethyl adjacent to an activating group) is 1. The third-order valence-corrected chi connectivity index (χ3v) is 7.24. The number of aliphatic hydroxyl groups excluding tert-OH is 1. The van der Waals surface area contributed by atoms with Crippen molar-refractivity contribution >= 4 is 27.5 Å². The van der Waals surface area contributed by atoms with E-state index in [1.54, 1.807) is 30.0 Å². The van der Waals surface area contributed by atoms with Gasteiger partial charge in [-0.3, -0.25) is 9.59 Å². The smallest absolute Gasteiger partial charge is 0.258 e. The van der Waals surface area contributed by atoms with E-state index >= 15 is 0 Å². The average molecular weight is 499 g/mol. The maximum absolute atomic E-state index is 13.4. The van der Waals surface area contributed by atoms with Gasteiger partial charge in [-0.25, -0.2) is 12.7 Å². The van der Waals surface area contributed by atoms with Gasteiger partial charge in [-0.05, 0) is 52.2 Å². The molecule has 1 aliphatic rings. The summed E-state index contributed by atoms with van der Waals surface area (Å²) in [5, 5.41) is 12.6. The molecular weight excluding hydrogens is 460 g/mol. The van der Waals surface area contributed by atoms with Crippen LogP contribution in [0.15, 0.2) is 18.2 Å². The first-order chi connectivity index (χ1) is 15.8. The Bertz CT molecular complexity index is 968. The zero-order chi connectivity index (χ0) is 25.6. The van der Waals surface area contributed by atoms with Crippen molar-refractivity contribution < 1.29 is 27.9 Å². The minimum Gasteiger partial charge on any atom is -0.488 e. The van der Waals surface area contributed by atoms with Crippen LogP contribution in [0.5, 0.6) is 5.75 Å². The highest BCUT2D eigenvalue weighted by Gasteiger charge is 2.34. The van der Waals surface area contributed by atoms with E-state index in [-0.39, 0.29) is 43.0 Å². The molecule has 34 heavy (non-hydrogen) atoms. The number of fused-ring (bicyclic) bond motifs is 1. The highest BCUT2D eigenvalue weighted by Crippen LogP contribution is 2.31. The quantitative estimate of drug-likeness (QED) is 0.495. The van der Waals surface area contributed by atoms with Gasteiger partial charge in [0.05, 0.1) is 31.0 Å². The molecule has 0 bridgehead atoms. The van der Waals surface area contributed by atoms with Crippen LogP contribution in [0.2, 0.25) is 0 Å². The zero-order valence-electron chi connectivity index (χ0n) is 20.9. The fourth-order valence-electron chi connectivity index (χ4n) is 3.69. The number of carbonyl (C=O) groups is 2. The van der Waals surface area contributed by atoms with Crippen molar-refractivity contribution in [2.75, 3.05) is 59.0 Å². The number of aliphatic hydroxyl groups is 1. The number of ether oxygens (including phenoxy) is 1. The van der Waals surface area contributed by atoms with Gasteiger partial charge in [0.15, 0.2) is 0 Å². The molecule has 0 radical (unpaired) electrons. The van der Waals surface area contributed by atoms with Gasteiger partial charge in [-0.2, -0.15) is 0 Å². The van der Waals surface area contributed by atoms with Crippen molar-refractivity contribution in [3.8, 4) is 5.75 Å². The van der Waals surface area contributed by atoms with Crippen molar-refractivity contribution in [2.24, 2.45) is 5.92 Å². The molecule has 0 unspecified atom stereocenters. The Labute approximate surface area is 202 Å². The SMILES string of the molecule is C[C@@H]1CN([C@@H](C)CO)C(=O)c2cc(NC(=O)CCCN(C)C)ccc2O[C@@H]1CN(C)S(C)(=O)=O. The first kappa shape index (κ1) is 28.0. The predicted molar refractivity (Wildman–Crippen MR) is 131 cm³/mol. The molecule has 2 rings (SSSR count). The maximum atomic E-state index is 13.4. The Kier molecular flexibility index (Phi) is 9.86. The minimum absolute atomic E-state index is 0.110. The van der Waals surface area contributed by atoms with E-state index in [0.717, 1.165) is 12.8 Å².